The van der Waals surface area contributed by atoms with Crippen LogP contribution in [0.3, 0.4) is 0 Å². The van der Waals surface area contributed by atoms with Crippen molar-refractivity contribution in [2.75, 3.05) is 7.11 Å². The number of nitrogens with one attached hydrogen (secondary N) is 1. The first kappa shape index (κ1) is 14.7. The predicted molar refractivity (Wildman–Crippen MR) is 77.5 cm³/mol. The first-order valence-corrected chi connectivity index (χ1v) is 6.59. The summed E-state index contributed by atoms with van der Waals surface area (Å²) in [6, 6.07) is 0. The predicted octanol–water partition coefficient (Wildman–Crippen LogP) is 3.76. The Morgan fingerprint density at radius 1 is 1.33 bits per heavy atom. The monoisotopic (exact) mass is 248 g/mol. The van der Waals surface area contributed by atoms with E-state index in [1.165, 1.54) is 0 Å². The van der Waals surface area contributed by atoms with Gasteiger partial charge in [0.15, 0.2) is 0 Å². The van der Waals surface area contributed by atoms with Crippen molar-refractivity contribution in [2.45, 2.75) is 46.6 Å². The number of rotatable bonds is 1. The Hall–Kier alpha value is -1.38. The second kappa shape index (κ2) is 5.51. The zero-order valence-electron chi connectivity index (χ0n) is 12.3. The van der Waals surface area contributed by atoms with Crippen LogP contribution in [-0.2, 0) is 4.74 Å². The molecule has 1 unspecified atom stereocenters. The fourth-order valence-electron chi connectivity index (χ4n) is 2.49. The molecule has 0 amide bonds. The topological polar surface area (TPSA) is 45.4 Å². The molecule has 18 heavy (non-hydrogen) atoms. The third-order valence-electron chi connectivity index (χ3n) is 3.08. The average Bonchev–Trinajstić information content (AvgIpc) is 2.31. The van der Waals surface area contributed by atoms with Crippen LogP contribution < -0.4 is 0 Å². The molecule has 0 aromatic carbocycles. The van der Waals surface area contributed by atoms with Crippen LogP contribution in [0.5, 0.6) is 0 Å². The van der Waals surface area contributed by atoms with E-state index in [9.17, 15) is 0 Å². The molecule has 0 aromatic rings. The Bertz CT molecular complexity index is 428. The lowest BCUT2D eigenvalue weighted by Gasteiger charge is -2.34. The van der Waals surface area contributed by atoms with Gasteiger partial charge >= 0.3 is 0 Å². The van der Waals surface area contributed by atoms with E-state index in [0.29, 0.717) is 11.6 Å². The molecule has 0 spiro atoms. The summed E-state index contributed by atoms with van der Waals surface area (Å²) in [5.74, 6) is 1.16. The minimum Gasteiger partial charge on any atom is -0.494 e. The third-order valence-corrected chi connectivity index (χ3v) is 3.08. The van der Waals surface area contributed by atoms with Gasteiger partial charge in [0.2, 0.25) is 0 Å². The highest BCUT2D eigenvalue weighted by Crippen LogP contribution is 2.35. The van der Waals surface area contributed by atoms with Crippen LogP contribution in [0.1, 0.15) is 41.0 Å². The van der Waals surface area contributed by atoms with E-state index in [1.807, 2.05) is 19.9 Å². The second-order valence-corrected chi connectivity index (χ2v) is 5.15. The molecule has 1 atom stereocenters. The van der Waals surface area contributed by atoms with E-state index < -0.39 is 0 Å². The molecule has 2 rings (SSSR count). The van der Waals surface area contributed by atoms with Gasteiger partial charge in [0, 0.05) is 6.08 Å². The summed E-state index contributed by atoms with van der Waals surface area (Å²) in [6.07, 6.45) is 4.66. The van der Waals surface area contributed by atoms with Crippen molar-refractivity contribution in [3.8, 4) is 0 Å². The fourth-order valence-corrected chi connectivity index (χ4v) is 2.49. The maximum absolute atomic E-state index is 7.75. The lowest BCUT2D eigenvalue weighted by molar-refractivity contribution is 0.309. The molecule has 1 aliphatic heterocycles. The largest absolute Gasteiger partial charge is 0.494 e. The SMILES string of the molecule is CC.COC1=CC(=N)C=C2C1=NC(C)(C)CC2C. The molecule has 3 nitrogen and oxygen atoms in total. The van der Waals surface area contributed by atoms with E-state index in [2.05, 4.69) is 20.8 Å². The van der Waals surface area contributed by atoms with E-state index in [0.717, 1.165) is 23.5 Å². The van der Waals surface area contributed by atoms with Crippen LogP contribution in [0.15, 0.2) is 28.5 Å². The number of ether oxygens (including phenoxy) is 1. The molecule has 2 aliphatic rings. The molecule has 0 saturated heterocycles. The minimum atomic E-state index is -0.0385. The molecule has 0 bridgehead atoms. The first-order valence-electron chi connectivity index (χ1n) is 6.59. The molecule has 0 aromatic heterocycles. The van der Waals surface area contributed by atoms with Crippen LogP contribution in [0.25, 0.3) is 0 Å². The summed E-state index contributed by atoms with van der Waals surface area (Å²) >= 11 is 0. The Kier molecular flexibility index (Phi) is 4.49. The highest BCUT2D eigenvalue weighted by Gasteiger charge is 2.34. The number of nitrogens with zero attached hydrogens (tertiary/aromatic N) is 1. The summed E-state index contributed by atoms with van der Waals surface area (Å²) in [6.45, 7) is 10.5. The van der Waals surface area contributed by atoms with Crippen LogP contribution >= 0.6 is 0 Å². The molecular weight excluding hydrogens is 224 g/mol. The van der Waals surface area contributed by atoms with Crippen molar-refractivity contribution in [3.63, 3.8) is 0 Å². The van der Waals surface area contributed by atoms with E-state index >= 15 is 0 Å². The molecule has 100 valence electrons. The number of methoxy groups -OCH3 is 1. The number of hydrogen-bond donors (Lipinski definition) is 1. The maximum atomic E-state index is 7.75. The smallest absolute Gasteiger partial charge is 0.146 e. The average molecular weight is 248 g/mol. The van der Waals surface area contributed by atoms with E-state index in [1.54, 1.807) is 13.2 Å². The van der Waals surface area contributed by atoms with Crippen LogP contribution in [0.2, 0.25) is 0 Å². The molecule has 1 aliphatic carbocycles. The quantitative estimate of drug-likeness (QED) is 0.705. The Morgan fingerprint density at radius 2 is 1.94 bits per heavy atom. The van der Waals surface area contributed by atoms with Crippen molar-refractivity contribution in [1.82, 2.24) is 0 Å². The lowest BCUT2D eigenvalue weighted by atomic mass is 9.79. The van der Waals surface area contributed by atoms with Gasteiger partial charge in [-0.25, -0.2) is 0 Å². The molecule has 3 heteroatoms. The maximum Gasteiger partial charge on any atom is 0.146 e. The summed E-state index contributed by atoms with van der Waals surface area (Å²) in [4.78, 5) is 4.73. The number of allylic oxidation sites excluding steroid dienone is 3. The van der Waals surface area contributed by atoms with Crippen molar-refractivity contribution in [3.05, 3.63) is 23.5 Å². The number of fused-ring (bicyclic) bond motifs is 1. The molecule has 1 N–H and O–H groups in total. The zero-order valence-corrected chi connectivity index (χ0v) is 12.3. The standard InChI is InChI=1S/C13H18N2O.C2H6/c1-8-7-13(2,3)15-12-10(8)5-9(14)6-11(12)16-4;1-2/h5-6,8,14H,7H2,1-4H3;1-2H3. The highest BCUT2D eigenvalue weighted by atomic mass is 16.5. The second-order valence-electron chi connectivity index (χ2n) is 5.15. The van der Waals surface area contributed by atoms with Crippen LogP contribution in [0.4, 0.5) is 0 Å². The van der Waals surface area contributed by atoms with Gasteiger partial charge in [-0.2, -0.15) is 0 Å². The zero-order chi connectivity index (χ0) is 13.9. The van der Waals surface area contributed by atoms with Gasteiger partial charge in [-0.15, -0.1) is 0 Å². The van der Waals surface area contributed by atoms with Crippen molar-refractivity contribution in [1.29, 1.82) is 5.41 Å². The van der Waals surface area contributed by atoms with Crippen molar-refractivity contribution in [2.24, 2.45) is 10.9 Å². The molecule has 0 fully saturated rings. The molecular formula is C15H24N2O. The Balaban J connectivity index is 0.000000771. The lowest BCUT2D eigenvalue weighted by Crippen LogP contribution is -2.34. The highest BCUT2D eigenvalue weighted by molar-refractivity contribution is 6.23. The van der Waals surface area contributed by atoms with Gasteiger partial charge in [-0.3, -0.25) is 4.99 Å². The van der Waals surface area contributed by atoms with E-state index in [4.69, 9.17) is 15.1 Å². The first-order chi connectivity index (χ1) is 8.43. The summed E-state index contributed by atoms with van der Waals surface area (Å²) in [7, 11) is 1.64. The van der Waals surface area contributed by atoms with Crippen molar-refractivity contribution < 1.29 is 4.74 Å². The summed E-state index contributed by atoms with van der Waals surface area (Å²) in [5, 5.41) is 7.75. The number of aliphatic imine (C=N–C) groups is 1. The minimum absolute atomic E-state index is 0.0385. The van der Waals surface area contributed by atoms with Gasteiger partial charge in [0.1, 0.15) is 11.5 Å². The number of hydrogen-bond acceptors (Lipinski definition) is 3. The van der Waals surface area contributed by atoms with Gasteiger partial charge < -0.3 is 10.1 Å². The van der Waals surface area contributed by atoms with Gasteiger partial charge in [0.05, 0.1) is 18.4 Å². The summed E-state index contributed by atoms with van der Waals surface area (Å²) < 4.78 is 5.32. The molecule has 0 saturated carbocycles. The Morgan fingerprint density at radius 3 is 2.50 bits per heavy atom. The van der Waals surface area contributed by atoms with Crippen molar-refractivity contribution >= 4 is 11.4 Å². The fraction of sp³-hybridized carbons (Fsp3) is 0.600. The molecule has 1 heterocycles. The van der Waals surface area contributed by atoms with Crippen LogP contribution in [-0.4, -0.2) is 24.1 Å². The van der Waals surface area contributed by atoms with Gasteiger partial charge in [-0.05, 0) is 37.8 Å². The van der Waals surface area contributed by atoms with Gasteiger partial charge in [0.25, 0.3) is 0 Å². The van der Waals surface area contributed by atoms with E-state index in [-0.39, 0.29) is 5.54 Å². The Labute approximate surface area is 110 Å². The molecule has 0 radical (unpaired) electrons. The normalized spacial score (nSPS) is 24.9. The third kappa shape index (κ3) is 2.89. The van der Waals surface area contributed by atoms with Crippen LogP contribution in [0, 0.1) is 11.3 Å². The van der Waals surface area contributed by atoms with Gasteiger partial charge in [-0.1, -0.05) is 20.8 Å². The summed E-state index contributed by atoms with van der Waals surface area (Å²) in [5.41, 5.74) is 2.53.